The maximum absolute atomic E-state index is 12.9. The molecule has 0 spiro atoms. The summed E-state index contributed by atoms with van der Waals surface area (Å²) in [6.45, 7) is 3.00. The highest BCUT2D eigenvalue weighted by molar-refractivity contribution is 7.80. The van der Waals surface area contributed by atoms with Crippen molar-refractivity contribution in [3.63, 3.8) is 0 Å². The van der Waals surface area contributed by atoms with Crippen molar-refractivity contribution in [2.24, 2.45) is 0 Å². The van der Waals surface area contributed by atoms with Crippen LogP contribution in [-0.4, -0.2) is 29.2 Å². The van der Waals surface area contributed by atoms with E-state index in [2.05, 4.69) is 23.3 Å². The quantitative estimate of drug-likeness (QED) is 0.320. The van der Waals surface area contributed by atoms with Crippen LogP contribution in [0.2, 0.25) is 0 Å². The molecule has 7 heteroatoms. The van der Waals surface area contributed by atoms with Crippen LogP contribution < -0.4 is 20.3 Å². The number of benzene rings is 3. The van der Waals surface area contributed by atoms with E-state index in [4.69, 9.17) is 21.7 Å². The lowest BCUT2D eigenvalue weighted by molar-refractivity contribution is 0.406. The monoisotopic (exact) mass is 487 g/mol. The van der Waals surface area contributed by atoms with E-state index < -0.39 is 0 Å². The number of nitrogens with one attached hydrogen (secondary N) is 2. The number of fused-ring (bicyclic) bond motifs is 1. The fourth-order valence-corrected chi connectivity index (χ4v) is 4.12. The first kappa shape index (κ1) is 24.3. The number of hydrogen-bond acceptors (Lipinski definition) is 4. The number of anilines is 1. The van der Waals surface area contributed by atoms with Gasteiger partial charge in [-0.3, -0.25) is 4.79 Å². The summed E-state index contributed by atoms with van der Waals surface area (Å²) < 4.78 is 10.5. The van der Waals surface area contributed by atoms with Gasteiger partial charge in [-0.25, -0.2) is 0 Å². The number of rotatable bonds is 8. The summed E-state index contributed by atoms with van der Waals surface area (Å²) in [4.78, 5) is 17.9. The van der Waals surface area contributed by atoms with E-state index in [1.165, 1.54) is 5.56 Å². The summed E-state index contributed by atoms with van der Waals surface area (Å²) in [6.07, 6.45) is 0.934. The van der Waals surface area contributed by atoms with Gasteiger partial charge in [0.25, 0.3) is 5.56 Å². The number of aryl methyl sites for hydroxylation is 1. The second-order valence-corrected chi connectivity index (χ2v) is 8.65. The molecule has 35 heavy (non-hydrogen) atoms. The van der Waals surface area contributed by atoms with Crippen LogP contribution in [0.4, 0.5) is 5.69 Å². The van der Waals surface area contributed by atoms with Crippen LogP contribution in [0.5, 0.6) is 11.5 Å². The van der Waals surface area contributed by atoms with Gasteiger partial charge in [0.05, 0.1) is 20.8 Å². The molecule has 1 heterocycles. The van der Waals surface area contributed by atoms with Crippen molar-refractivity contribution >= 4 is 33.9 Å². The molecular weight excluding hydrogens is 458 g/mol. The first-order valence-corrected chi connectivity index (χ1v) is 11.9. The third kappa shape index (κ3) is 6.00. The lowest BCUT2D eigenvalue weighted by Crippen LogP contribution is -2.35. The molecule has 0 radical (unpaired) electrons. The largest absolute Gasteiger partial charge is 0.497 e. The smallest absolute Gasteiger partial charge is 0.253 e. The Balaban J connectivity index is 1.63. The van der Waals surface area contributed by atoms with Crippen LogP contribution in [0, 0.1) is 0 Å². The van der Waals surface area contributed by atoms with E-state index in [0.717, 1.165) is 40.1 Å². The zero-order valence-corrected chi connectivity index (χ0v) is 20.9. The van der Waals surface area contributed by atoms with E-state index >= 15 is 0 Å². The first-order chi connectivity index (χ1) is 17.0. The minimum Gasteiger partial charge on any atom is -0.497 e. The van der Waals surface area contributed by atoms with Gasteiger partial charge in [-0.2, -0.15) is 0 Å². The summed E-state index contributed by atoms with van der Waals surface area (Å²) in [5, 5.41) is 4.83. The van der Waals surface area contributed by atoms with Gasteiger partial charge < -0.3 is 24.7 Å². The highest BCUT2D eigenvalue weighted by Crippen LogP contribution is 2.20. The van der Waals surface area contributed by atoms with Crippen LogP contribution >= 0.6 is 12.2 Å². The van der Waals surface area contributed by atoms with Gasteiger partial charge >= 0.3 is 0 Å². The molecule has 0 aliphatic rings. The second-order valence-electron chi connectivity index (χ2n) is 8.26. The molecule has 6 nitrogen and oxygen atoms in total. The lowest BCUT2D eigenvalue weighted by Gasteiger charge is -2.26. The molecule has 0 atom stereocenters. The van der Waals surface area contributed by atoms with E-state index in [1.807, 2.05) is 71.6 Å². The van der Waals surface area contributed by atoms with E-state index in [1.54, 1.807) is 14.2 Å². The van der Waals surface area contributed by atoms with Crippen LogP contribution in [-0.2, 0) is 19.5 Å². The van der Waals surface area contributed by atoms with Crippen LogP contribution in [0.15, 0.2) is 77.6 Å². The molecule has 0 fully saturated rings. The number of nitrogens with zero attached hydrogens (tertiary/aromatic N) is 1. The first-order valence-electron chi connectivity index (χ1n) is 11.5. The zero-order valence-electron chi connectivity index (χ0n) is 20.1. The maximum Gasteiger partial charge on any atom is 0.253 e. The molecule has 180 valence electrons. The van der Waals surface area contributed by atoms with Gasteiger partial charge in [0.15, 0.2) is 5.11 Å². The topological polar surface area (TPSA) is 66.6 Å². The Kier molecular flexibility index (Phi) is 7.67. The normalized spacial score (nSPS) is 10.7. The summed E-state index contributed by atoms with van der Waals surface area (Å²) in [5.74, 6) is 1.56. The highest BCUT2D eigenvalue weighted by Gasteiger charge is 2.15. The molecule has 3 aromatic carbocycles. The molecule has 0 bridgehead atoms. The molecule has 0 unspecified atom stereocenters. The summed E-state index contributed by atoms with van der Waals surface area (Å²) >= 11 is 5.79. The average molecular weight is 488 g/mol. The highest BCUT2D eigenvalue weighted by atomic mass is 32.1. The summed E-state index contributed by atoms with van der Waals surface area (Å²) in [6, 6.07) is 23.5. The zero-order chi connectivity index (χ0) is 24.8. The predicted molar refractivity (Wildman–Crippen MR) is 145 cm³/mol. The number of hydrogen-bond donors (Lipinski definition) is 2. The van der Waals surface area contributed by atoms with E-state index in [9.17, 15) is 4.79 Å². The van der Waals surface area contributed by atoms with E-state index in [0.29, 0.717) is 23.8 Å². The van der Waals surface area contributed by atoms with Gasteiger partial charge in [0.2, 0.25) is 0 Å². The third-order valence-electron chi connectivity index (χ3n) is 5.92. The molecule has 0 saturated carbocycles. The molecule has 2 N–H and O–H groups in total. The molecule has 0 aliphatic carbocycles. The fourth-order valence-electron chi connectivity index (χ4n) is 3.87. The third-order valence-corrected chi connectivity index (χ3v) is 6.28. The van der Waals surface area contributed by atoms with Crippen molar-refractivity contribution in [1.82, 2.24) is 9.88 Å². The predicted octanol–water partition coefficient (Wildman–Crippen LogP) is 5.51. The van der Waals surface area contributed by atoms with Crippen LogP contribution in [0.1, 0.15) is 23.6 Å². The fraction of sp³-hybridized carbons (Fsp3) is 0.214. The van der Waals surface area contributed by atoms with Crippen molar-refractivity contribution < 1.29 is 9.47 Å². The standard InChI is InChI=1S/C28H29N3O3S/c1-4-19-7-14-26-21(15-19)16-22(27(32)30-26)18-31(17-20-5-10-24(33-2)11-6-20)28(35)29-23-8-12-25(34-3)13-9-23/h5-16H,4,17-18H2,1-3H3,(H,29,35)(H,30,32). The van der Waals surface area contributed by atoms with Crippen molar-refractivity contribution in [2.75, 3.05) is 19.5 Å². The molecular formula is C28H29N3O3S. The minimum atomic E-state index is -0.117. The minimum absolute atomic E-state index is 0.117. The lowest BCUT2D eigenvalue weighted by atomic mass is 10.1. The van der Waals surface area contributed by atoms with Gasteiger partial charge in [-0.1, -0.05) is 25.1 Å². The van der Waals surface area contributed by atoms with E-state index in [-0.39, 0.29) is 5.56 Å². The number of aromatic nitrogens is 1. The molecule has 4 rings (SSSR count). The van der Waals surface area contributed by atoms with Crippen molar-refractivity contribution in [3.05, 3.63) is 99.8 Å². The van der Waals surface area contributed by atoms with Crippen molar-refractivity contribution in [3.8, 4) is 11.5 Å². The molecule has 0 saturated heterocycles. The molecule has 0 amide bonds. The molecule has 1 aromatic heterocycles. The summed E-state index contributed by atoms with van der Waals surface area (Å²) in [7, 11) is 3.28. The Morgan fingerprint density at radius 3 is 2.14 bits per heavy atom. The Morgan fingerprint density at radius 2 is 1.51 bits per heavy atom. The van der Waals surface area contributed by atoms with Gasteiger partial charge in [0, 0.05) is 23.3 Å². The van der Waals surface area contributed by atoms with Gasteiger partial charge in [-0.15, -0.1) is 0 Å². The summed E-state index contributed by atoms with van der Waals surface area (Å²) in [5.41, 5.74) is 4.48. The molecule has 4 aromatic rings. The number of pyridine rings is 1. The second kappa shape index (κ2) is 11.1. The Morgan fingerprint density at radius 1 is 0.886 bits per heavy atom. The van der Waals surface area contributed by atoms with Gasteiger partial charge in [0.1, 0.15) is 11.5 Å². The average Bonchev–Trinajstić information content (AvgIpc) is 2.89. The van der Waals surface area contributed by atoms with Crippen molar-refractivity contribution in [2.45, 2.75) is 26.4 Å². The Hall–Kier alpha value is -3.84. The Bertz CT molecular complexity index is 1370. The SMILES string of the molecule is CCc1ccc2[nH]c(=O)c(CN(Cc3ccc(OC)cc3)C(=S)Nc3ccc(OC)cc3)cc2c1. The van der Waals surface area contributed by atoms with Gasteiger partial charge in [-0.05, 0) is 89.7 Å². The Labute approximate surface area is 210 Å². The maximum atomic E-state index is 12.9. The number of H-pyrrole nitrogens is 1. The van der Waals surface area contributed by atoms with Crippen molar-refractivity contribution in [1.29, 1.82) is 0 Å². The number of thiocarbonyl (C=S) groups is 1. The van der Waals surface area contributed by atoms with Crippen LogP contribution in [0.25, 0.3) is 10.9 Å². The number of methoxy groups -OCH3 is 2. The molecule has 0 aliphatic heterocycles. The van der Waals surface area contributed by atoms with Crippen LogP contribution in [0.3, 0.4) is 0 Å². The number of aromatic amines is 1. The number of ether oxygens (including phenoxy) is 2.